The number of ether oxygens (including phenoxy) is 2. The molecular formula is C9H14O6. The number of aliphatic carboxylic acids is 1. The molecule has 1 N–H and O–H groups in total. The number of hydrogen-bond donors (Lipinski definition) is 1. The van der Waals surface area contributed by atoms with Crippen molar-refractivity contribution in [2.24, 2.45) is 5.41 Å². The second-order valence-electron chi connectivity index (χ2n) is 3.89. The molecule has 0 bridgehead atoms. The van der Waals surface area contributed by atoms with Crippen molar-refractivity contribution in [3.63, 3.8) is 0 Å². The number of carbonyl (C=O) groups is 3. The van der Waals surface area contributed by atoms with E-state index in [0.29, 0.717) is 0 Å². The number of rotatable bonds is 4. The van der Waals surface area contributed by atoms with Gasteiger partial charge in [-0.05, 0) is 20.8 Å². The zero-order valence-electron chi connectivity index (χ0n) is 8.90. The van der Waals surface area contributed by atoms with E-state index in [2.05, 4.69) is 9.47 Å². The lowest BCUT2D eigenvalue weighted by Crippen LogP contribution is -2.25. The van der Waals surface area contributed by atoms with Crippen molar-refractivity contribution in [1.82, 2.24) is 0 Å². The van der Waals surface area contributed by atoms with Crippen LogP contribution in [0.2, 0.25) is 0 Å². The molecule has 0 aromatic carbocycles. The molecule has 0 spiro atoms. The Morgan fingerprint density at radius 2 is 1.67 bits per heavy atom. The van der Waals surface area contributed by atoms with Gasteiger partial charge in [-0.1, -0.05) is 0 Å². The van der Waals surface area contributed by atoms with Crippen LogP contribution in [0.4, 0.5) is 0 Å². The molecule has 86 valence electrons. The van der Waals surface area contributed by atoms with Gasteiger partial charge in [0.15, 0.2) is 0 Å². The summed E-state index contributed by atoms with van der Waals surface area (Å²) in [6.07, 6.45) is -0.743. The summed E-state index contributed by atoms with van der Waals surface area (Å²) in [5.74, 6) is -2.75. The predicted octanol–water partition coefficient (Wildman–Crippen LogP) is 0.551. The summed E-state index contributed by atoms with van der Waals surface area (Å²) in [6.45, 7) is 4.39. The highest BCUT2D eigenvalue weighted by molar-refractivity contribution is 5.90. The van der Waals surface area contributed by atoms with E-state index >= 15 is 0 Å². The molecule has 0 fully saturated rings. The smallest absolute Gasteiger partial charge is 0.320 e. The number of esters is 2. The Morgan fingerprint density at radius 1 is 1.13 bits per heavy atom. The van der Waals surface area contributed by atoms with E-state index in [1.165, 1.54) is 0 Å². The monoisotopic (exact) mass is 218 g/mol. The van der Waals surface area contributed by atoms with Gasteiger partial charge in [0, 0.05) is 0 Å². The lowest BCUT2D eigenvalue weighted by atomic mass is 9.98. The maximum absolute atomic E-state index is 11.1. The number of carboxylic acids is 1. The van der Waals surface area contributed by atoms with E-state index in [-0.39, 0.29) is 0 Å². The van der Waals surface area contributed by atoms with Gasteiger partial charge in [0.25, 0.3) is 0 Å². The van der Waals surface area contributed by atoms with E-state index in [1.54, 1.807) is 20.8 Å². The van der Waals surface area contributed by atoms with E-state index in [9.17, 15) is 14.4 Å². The van der Waals surface area contributed by atoms with Crippen LogP contribution in [0.25, 0.3) is 0 Å². The second-order valence-corrected chi connectivity index (χ2v) is 3.89. The van der Waals surface area contributed by atoms with Crippen LogP contribution in [0.3, 0.4) is 0 Å². The van der Waals surface area contributed by atoms with Crippen LogP contribution in [-0.2, 0) is 23.9 Å². The number of hydrogen-bond acceptors (Lipinski definition) is 5. The van der Waals surface area contributed by atoms with Crippen LogP contribution in [0, 0.1) is 5.41 Å². The molecule has 0 aliphatic rings. The summed E-state index contributed by atoms with van der Waals surface area (Å²) >= 11 is 0. The molecule has 15 heavy (non-hydrogen) atoms. The Balaban J connectivity index is 3.76. The Bertz CT molecular complexity index is 262. The second kappa shape index (κ2) is 5.33. The largest absolute Gasteiger partial charge is 0.481 e. The molecule has 0 aliphatic carbocycles. The van der Waals surface area contributed by atoms with Crippen molar-refractivity contribution in [3.05, 3.63) is 0 Å². The molecule has 0 radical (unpaired) electrons. The molecule has 0 amide bonds. The summed E-state index contributed by atoms with van der Waals surface area (Å²) in [6, 6.07) is 0. The molecule has 0 heterocycles. The fourth-order valence-electron chi connectivity index (χ4n) is 0.540. The van der Waals surface area contributed by atoms with Crippen molar-refractivity contribution < 1.29 is 29.0 Å². The maximum Gasteiger partial charge on any atom is 0.320 e. The standard InChI is InChI=1S/C9H14O6/c1-9(2,3)8(13)15-5-14-7(12)4-6(10)11/h4-5H2,1-3H3,(H,10,11). The van der Waals surface area contributed by atoms with E-state index in [0.717, 1.165) is 0 Å². The molecule has 0 saturated heterocycles. The van der Waals surface area contributed by atoms with Crippen molar-refractivity contribution in [2.75, 3.05) is 6.79 Å². The highest BCUT2D eigenvalue weighted by Crippen LogP contribution is 2.14. The first-order valence-electron chi connectivity index (χ1n) is 4.28. The van der Waals surface area contributed by atoms with Gasteiger partial charge in [0.1, 0.15) is 6.42 Å². The molecule has 0 aromatic rings. The lowest BCUT2D eigenvalue weighted by Gasteiger charge is -2.16. The first-order chi connectivity index (χ1) is 6.73. The third-order valence-corrected chi connectivity index (χ3v) is 1.32. The summed E-state index contributed by atoms with van der Waals surface area (Å²) in [5, 5.41) is 8.21. The minimum absolute atomic E-state index is 0.523. The van der Waals surface area contributed by atoms with Gasteiger partial charge in [0.2, 0.25) is 6.79 Å². The van der Waals surface area contributed by atoms with Gasteiger partial charge in [-0.25, -0.2) is 0 Å². The van der Waals surface area contributed by atoms with Crippen LogP contribution < -0.4 is 0 Å². The van der Waals surface area contributed by atoms with Crippen LogP contribution in [0.15, 0.2) is 0 Å². The SMILES string of the molecule is CC(C)(C)C(=O)OCOC(=O)CC(=O)O. The van der Waals surface area contributed by atoms with Gasteiger partial charge in [0.05, 0.1) is 5.41 Å². The number of carbonyl (C=O) groups excluding carboxylic acids is 2. The highest BCUT2D eigenvalue weighted by atomic mass is 16.7. The third-order valence-electron chi connectivity index (χ3n) is 1.32. The van der Waals surface area contributed by atoms with Crippen LogP contribution in [0.1, 0.15) is 27.2 Å². The maximum atomic E-state index is 11.1. The molecule has 0 aromatic heterocycles. The third kappa shape index (κ3) is 6.48. The summed E-state index contributed by atoms with van der Waals surface area (Å²) in [5.41, 5.74) is -0.681. The van der Waals surface area contributed by atoms with Gasteiger partial charge < -0.3 is 14.6 Å². The minimum Gasteiger partial charge on any atom is -0.481 e. The Hall–Kier alpha value is -1.59. The predicted molar refractivity (Wildman–Crippen MR) is 48.8 cm³/mol. The lowest BCUT2D eigenvalue weighted by molar-refractivity contribution is -0.173. The van der Waals surface area contributed by atoms with Crippen molar-refractivity contribution in [2.45, 2.75) is 27.2 Å². The van der Waals surface area contributed by atoms with E-state index < -0.39 is 36.5 Å². The fourth-order valence-corrected chi connectivity index (χ4v) is 0.540. The van der Waals surface area contributed by atoms with Crippen molar-refractivity contribution >= 4 is 17.9 Å². The quantitative estimate of drug-likeness (QED) is 0.421. The molecule has 0 rings (SSSR count). The molecule has 6 heteroatoms. The first kappa shape index (κ1) is 13.4. The van der Waals surface area contributed by atoms with Crippen molar-refractivity contribution in [1.29, 1.82) is 0 Å². The normalized spacial score (nSPS) is 10.6. The molecule has 0 aliphatic heterocycles. The van der Waals surface area contributed by atoms with E-state index in [4.69, 9.17) is 5.11 Å². The molecular weight excluding hydrogens is 204 g/mol. The molecule has 0 unspecified atom stereocenters. The van der Waals surface area contributed by atoms with Crippen LogP contribution in [0.5, 0.6) is 0 Å². The van der Waals surface area contributed by atoms with Crippen LogP contribution >= 0.6 is 0 Å². The average molecular weight is 218 g/mol. The summed E-state index contributed by atoms with van der Waals surface area (Å²) in [4.78, 5) is 31.9. The Kier molecular flexibility index (Phi) is 4.77. The summed E-state index contributed by atoms with van der Waals surface area (Å²) in [7, 11) is 0. The van der Waals surface area contributed by atoms with Gasteiger partial charge in [-0.2, -0.15) is 0 Å². The van der Waals surface area contributed by atoms with Gasteiger partial charge in [-0.3, -0.25) is 14.4 Å². The fraction of sp³-hybridized carbons (Fsp3) is 0.667. The summed E-state index contributed by atoms with van der Waals surface area (Å²) < 4.78 is 8.94. The Morgan fingerprint density at radius 3 is 2.07 bits per heavy atom. The number of carboxylic acid groups (broad SMARTS) is 1. The topological polar surface area (TPSA) is 89.9 Å². The molecule has 0 saturated carbocycles. The highest BCUT2D eigenvalue weighted by Gasteiger charge is 2.23. The van der Waals surface area contributed by atoms with Crippen LogP contribution in [-0.4, -0.2) is 29.8 Å². The first-order valence-corrected chi connectivity index (χ1v) is 4.28. The average Bonchev–Trinajstić information content (AvgIpc) is 2.00. The molecule has 6 nitrogen and oxygen atoms in total. The molecule has 0 atom stereocenters. The Labute approximate surface area is 87.2 Å². The zero-order chi connectivity index (χ0) is 12.1. The van der Waals surface area contributed by atoms with Gasteiger partial charge in [-0.15, -0.1) is 0 Å². The van der Waals surface area contributed by atoms with Gasteiger partial charge >= 0.3 is 17.9 Å². The minimum atomic E-state index is -1.29. The van der Waals surface area contributed by atoms with E-state index in [1.807, 2.05) is 0 Å². The zero-order valence-corrected chi connectivity index (χ0v) is 8.90. The van der Waals surface area contributed by atoms with Crippen molar-refractivity contribution in [3.8, 4) is 0 Å².